The predicted molar refractivity (Wildman–Crippen MR) is 68.6 cm³/mol. The highest BCUT2D eigenvalue weighted by Crippen LogP contribution is 2.39. The third-order valence-electron chi connectivity index (χ3n) is 3.50. The molecule has 0 saturated carbocycles. The molecule has 0 aromatic rings. The zero-order valence-electron chi connectivity index (χ0n) is 11.1. The Morgan fingerprint density at radius 2 is 1.33 bits per heavy atom. The van der Waals surface area contributed by atoms with Gasteiger partial charge in [0, 0.05) is 0 Å². The van der Waals surface area contributed by atoms with Crippen molar-refractivity contribution in [1.29, 1.82) is 0 Å². The van der Waals surface area contributed by atoms with Crippen LogP contribution in [0.25, 0.3) is 0 Å². The molecule has 0 atom stereocenters. The van der Waals surface area contributed by atoms with Gasteiger partial charge in [-0.1, -0.05) is 24.7 Å². The molecule has 1 aliphatic heterocycles. The van der Waals surface area contributed by atoms with E-state index in [2.05, 4.69) is 53.9 Å². The van der Waals surface area contributed by atoms with E-state index in [9.17, 15) is 0 Å². The van der Waals surface area contributed by atoms with Crippen LogP contribution >= 0.6 is 0 Å². The molecule has 0 radical (unpaired) electrons. The van der Waals surface area contributed by atoms with Gasteiger partial charge >= 0.3 is 7.12 Å². The highest BCUT2D eigenvalue weighted by atomic mass is 28.3. The fourth-order valence-corrected chi connectivity index (χ4v) is 2.16. The lowest BCUT2D eigenvalue weighted by atomic mass is 9.90. The Bertz CT molecular complexity index is 263. The molecule has 0 bridgehead atoms. The molecule has 0 amide bonds. The topological polar surface area (TPSA) is 18.5 Å². The summed E-state index contributed by atoms with van der Waals surface area (Å²) in [5.74, 6) is 0. The zero-order valence-corrected chi connectivity index (χ0v) is 12.1. The molecule has 1 aliphatic rings. The number of rotatable bonds is 2. The van der Waals surface area contributed by atoms with Crippen molar-refractivity contribution in [3.8, 4) is 0 Å². The minimum Gasteiger partial charge on any atom is -0.400 e. The molecule has 1 fully saturated rings. The molecule has 0 aliphatic carbocycles. The van der Waals surface area contributed by atoms with Gasteiger partial charge in [0.1, 0.15) is 0 Å². The van der Waals surface area contributed by atoms with Crippen LogP contribution in [0.3, 0.4) is 0 Å². The first-order chi connectivity index (χ1) is 6.47. The smallest absolute Gasteiger partial charge is 0.400 e. The van der Waals surface area contributed by atoms with Crippen LogP contribution in [-0.4, -0.2) is 26.4 Å². The van der Waals surface area contributed by atoms with Crippen molar-refractivity contribution in [2.75, 3.05) is 0 Å². The molecule has 0 aromatic heterocycles. The lowest BCUT2D eigenvalue weighted by Gasteiger charge is -2.32. The number of hydrogen-bond acceptors (Lipinski definition) is 2. The van der Waals surface area contributed by atoms with Crippen LogP contribution in [0.4, 0.5) is 0 Å². The van der Waals surface area contributed by atoms with E-state index in [0.717, 1.165) is 5.10 Å². The molecule has 86 valence electrons. The summed E-state index contributed by atoms with van der Waals surface area (Å²) in [7, 11) is -1.62. The van der Waals surface area contributed by atoms with Gasteiger partial charge in [0.05, 0.1) is 19.3 Å². The van der Waals surface area contributed by atoms with Crippen LogP contribution in [0, 0.1) is 0 Å². The Morgan fingerprint density at radius 3 is 1.60 bits per heavy atom. The standard InChI is InChI=1S/C11H23BO2Si/c1-9(15(6,7)8)12-13-10(2,3)11(4,5)14-12/h1H2,2-8H3. The second kappa shape index (κ2) is 3.47. The molecular formula is C11H23BO2Si. The average molecular weight is 226 g/mol. The maximum atomic E-state index is 5.97. The summed E-state index contributed by atoms with van der Waals surface area (Å²) in [6, 6.07) is 0. The van der Waals surface area contributed by atoms with E-state index in [1.807, 2.05) is 0 Å². The summed E-state index contributed by atoms with van der Waals surface area (Å²) < 4.78 is 11.9. The summed E-state index contributed by atoms with van der Waals surface area (Å²) in [6.45, 7) is 19.2. The van der Waals surface area contributed by atoms with Crippen molar-refractivity contribution in [1.82, 2.24) is 0 Å². The molecule has 0 N–H and O–H groups in total. The molecule has 4 heteroatoms. The average Bonchev–Trinajstić information content (AvgIpc) is 2.18. The minimum absolute atomic E-state index is 0.221. The van der Waals surface area contributed by atoms with Crippen LogP contribution in [0.15, 0.2) is 11.7 Å². The zero-order chi connectivity index (χ0) is 12.1. The van der Waals surface area contributed by atoms with Gasteiger partial charge in [-0.15, -0.1) is 6.58 Å². The normalized spacial score (nSPS) is 24.3. The molecule has 15 heavy (non-hydrogen) atoms. The van der Waals surface area contributed by atoms with Crippen molar-refractivity contribution in [2.24, 2.45) is 0 Å². The van der Waals surface area contributed by atoms with Crippen LogP contribution in [0.5, 0.6) is 0 Å². The second-order valence-electron chi connectivity index (χ2n) is 6.36. The summed E-state index contributed by atoms with van der Waals surface area (Å²) >= 11 is 0. The molecular weight excluding hydrogens is 203 g/mol. The van der Waals surface area contributed by atoms with Crippen LogP contribution in [-0.2, 0) is 9.31 Å². The van der Waals surface area contributed by atoms with E-state index in [1.165, 1.54) is 0 Å². The summed E-state index contributed by atoms with van der Waals surface area (Å²) in [5, 5.41) is 1.14. The Hall–Kier alpha value is -0.0582. The summed E-state index contributed by atoms with van der Waals surface area (Å²) in [4.78, 5) is 0. The van der Waals surface area contributed by atoms with Crippen molar-refractivity contribution in [3.63, 3.8) is 0 Å². The van der Waals surface area contributed by atoms with E-state index >= 15 is 0 Å². The van der Waals surface area contributed by atoms with Crippen molar-refractivity contribution in [3.05, 3.63) is 11.7 Å². The van der Waals surface area contributed by atoms with E-state index in [-0.39, 0.29) is 18.3 Å². The van der Waals surface area contributed by atoms with Gasteiger partial charge in [-0.2, -0.15) is 0 Å². The Labute approximate surface area is 95.2 Å². The van der Waals surface area contributed by atoms with Crippen molar-refractivity contribution < 1.29 is 9.31 Å². The SMILES string of the molecule is C=C(B1OC(C)(C)C(C)(C)O1)[Si](C)(C)C. The molecule has 0 spiro atoms. The summed E-state index contributed by atoms with van der Waals surface area (Å²) in [6.07, 6.45) is 0. The fourth-order valence-electron chi connectivity index (χ4n) is 1.34. The van der Waals surface area contributed by atoms with Gasteiger partial charge in [0.15, 0.2) is 0 Å². The second-order valence-corrected chi connectivity index (χ2v) is 11.5. The largest absolute Gasteiger partial charge is 0.485 e. The molecule has 1 rings (SSSR count). The van der Waals surface area contributed by atoms with E-state index in [0.29, 0.717) is 0 Å². The van der Waals surface area contributed by atoms with Crippen LogP contribution in [0.2, 0.25) is 19.6 Å². The van der Waals surface area contributed by atoms with Gasteiger partial charge in [0.25, 0.3) is 0 Å². The molecule has 0 aromatic carbocycles. The Kier molecular flexibility index (Phi) is 3.01. The first kappa shape index (κ1) is 13.0. The molecule has 0 unspecified atom stereocenters. The first-order valence-corrected chi connectivity index (χ1v) is 9.02. The third-order valence-corrected chi connectivity index (χ3v) is 5.66. The van der Waals surface area contributed by atoms with Crippen molar-refractivity contribution >= 4 is 15.2 Å². The van der Waals surface area contributed by atoms with Gasteiger partial charge in [0.2, 0.25) is 0 Å². The van der Waals surface area contributed by atoms with Gasteiger partial charge in [-0.05, 0) is 27.7 Å². The lowest BCUT2D eigenvalue weighted by molar-refractivity contribution is 0.00578. The highest BCUT2D eigenvalue weighted by Gasteiger charge is 2.53. The first-order valence-electron chi connectivity index (χ1n) is 5.52. The lowest BCUT2D eigenvalue weighted by Crippen LogP contribution is -2.41. The van der Waals surface area contributed by atoms with Crippen molar-refractivity contribution in [2.45, 2.75) is 58.5 Å². The minimum atomic E-state index is -1.40. The molecule has 1 saturated heterocycles. The van der Waals surface area contributed by atoms with Crippen LogP contribution < -0.4 is 0 Å². The Balaban J connectivity index is 2.85. The number of hydrogen-bond donors (Lipinski definition) is 0. The van der Waals surface area contributed by atoms with Gasteiger partial charge in [-0.25, -0.2) is 0 Å². The van der Waals surface area contributed by atoms with E-state index in [1.54, 1.807) is 0 Å². The molecule has 1 heterocycles. The van der Waals surface area contributed by atoms with E-state index < -0.39 is 8.07 Å². The monoisotopic (exact) mass is 226 g/mol. The third kappa shape index (κ3) is 2.37. The molecule has 2 nitrogen and oxygen atoms in total. The summed E-state index contributed by atoms with van der Waals surface area (Å²) in [5.41, 5.74) is -0.499. The fraction of sp³-hybridized carbons (Fsp3) is 0.818. The maximum absolute atomic E-state index is 5.97. The Morgan fingerprint density at radius 1 is 1.00 bits per heavy atom. The van der Waals surface area contributed by atoms with Crippen LogP contribution in [0.1, 0.15) is 27.7 Å². The van der Waals surface area contributed by atoms with Gasteiger partial charge < -0.3 is 9.31 Å². The van der Waals surface area contributed by atoms with Gasteiger partial charge in [-0.3, -0.25) is 0 Å². The maximum Gasteiger partial charge on any atom is 0.485 e. The predicted octanol–water partition coefficient (Wildman–Crippen LogP) is 3.05. The quantitative estimate of drug-likeness (QED) is 0.674. The van der Waals surface area contributed by atoms with E-state index in [4.69, 9.17) is 9.31 Å². The highest BCUT2D eigenvalue weighted by molar-refractivity contribution is 6.95.